The van der Waals surface area contributed by atoms with E-state index in [2.05, 4.69) is 22.8 Å². The SMILES string of the molecule is COc1cc(CNCCC(=O)NC(C)C)c(-c2ccccc2)cc1OC. The fraction of sp³-hybridized carbons (Fsp3) is 0.381. The number of ether oxygens (including phenoxy) is 2. The van der Waals surface area contributed by atoms with Crippen LogP contribution in [0.2, 0.25) is 0 Å². The Hall–Kier alpha value is -2.53. The van der Waals surface area contributed by atoms with E-state index < -0.39 is 0 Å². The molecule has 0 bridgehead atoms. The summed E-state index contributed by atoms with van der Waals surface area (Å²) in [6, 6.07) is 14.3. The normalized spacial score (nSPS) is 10.7. The third kappa shape index (κ3) is 5.49. The van der Waals surface area contributed by atoms with E-state index in [1.807, 2.05) is 44.2 Å². The summed E-state index contributed by atoms with van der Waals surface area (Å²) < 4.78 is 10.9. The van der Waals surface area contributed by atoms with Crippen LogP contribution >= 0.6 is 0 Å². The van der Waals surface area contributed by atoms with Gasteiger partial charge in [-0.3, -0.25) is 4.79 Å². The maximum atomic E-state index is 11.7. The van der Waals surface area contributed by atoms with Gasteiger partial charge in [0.25, 0.3) is 0 Å². The van der Waals surface area contributed by atoms with Crippen molar-refractivity contribution in [2.24, 2.45) is 0 Å². The molecule has 2 aromatic carbocycles. The molecule has 140 valence electrons. The van der Waals surface area contributed by atoms with Crippen LogP contribution in [0.5, 0.6) is 11.5 Å². The topological polar surface area (TPSA) is 59.6 Å². The van der Waals surface area contributed by atoms with Crippen LogP contribution in [0.1, 0.15) is 25.8 Å². The van der Waals surface area contributed by atoms with E-state index >= 15 is 0 Å². The minimum Gasteiger partial charge on any atom is -0.493 e. The Morgan fingerprint density at radius 3 is 2.31 bits per heavy atom. The summed E-state index contributed by atoms with van der Waals surface area (Å²) in [6.45, 7) is 5.17. The summed E-state index contributed by atoms with van der Waals surface area (Å²) in [5.41, 5.74) is 3.29. The van der Waals surface area contributed by atoms with Crippen LogP contribution in [0.25, 0.3) is 11.1 Å². The number of methoxy groups -OCH3 is 2. The number of hydrogen-bond donors (Lipinski definition) is 2. The molecule has 0 saturated heterocycles. The Labute approximate surface area is 155 Å². The van der Waals surface area contributed by atoms with Crippen molar-refractivity contribution in [3.05, 3.63) is 48.0 Å². The van der Waals surface area contributed by atoms with Crippen molar-refractivity contribution in [2.45, 2.75) is 32.9 Å². The first-order chi connectivity index (χ1) is 12.5. The maximum absolute atomic E-state index is 11.7. The first-order valence-corrected chi connectivity index (χ1v) is 8.85. The lowest BCUT2D eigenvalue weighted by molar-refractivity contribution is -0.121. The van der Waals surface area contributed by atoms with E-state index in [4.69, 9.17) is 9.47 Å². The van der Waals surface area contributed by atoms with Crippen molar-refractivity contribution in [1.82, 2.24) is 10.6 Å². The Morgan fingerprint density at radius 1 is 1.04 bits per heavy atom. The molecule has 2 rings (SSSR count). The van der Waals surface area contributed by atoms with Gasteiger partial charge in [0.2, 0.25) is 5.91 Å². The molecule has 2 N–H and O–H groups in total. The van der Waals surface area contributed by atoms with Crippen molar-refractivity contribution in [3.8, 4) is 22.6 Å². The molecular weight excluding hydrogens is 328 g/mol. The zero-order valence-corrected chi connectivity index (χ0v) is 16.0. The molecule has 0 aliphatic heterocycles. The highest BCUT2D eigenvalue weighted by molar-refractivity contribution is 5.76. The smallest absolute Gasteiger partial charge is 0.221 e. The number of hydrogen-bond acceptors (Lipinski definition) is 4. The predicted octanol–water partition coefficient (Wildman–Crippen LogP) is 3.38. The molecule has 5 heteroatoms. The molecule has 5 nitrogen and oxygen atoms in total. The Kier molecular flexibility index (Phi) is 7.48. The highest BCUT2D eigenvalue weighted by atomic mass is 16.5. The zero-order chi connectivity index (χ0) is 18.9. The largest absolute Gasteiger partial charge is 0.493 e. The summed E-state index contributed by atoms with van der Waals surface area (Å²) in [7, 11) is 3.27. The molecular formula is C21H28N2O3. The predicted molar refractivity (Wildman–Crippen MR) is 105 cm³/mol. The van der Waals surface area contributed by atoms with Crippen molar-refractivity contribution >= 4 is 5.91 Å². The molecule has 0 unspecified atom stereocenters. The number of rotatable bonds is 9. The van der Waals surface area contributed by atoms with Crippen LogP contribution in [0.3, 0.4) is 0 Å². The van der Waals surface area contributed by atoms with E-state index in [1.165, 1.54) is 0 Å². The summed E-state index contributed by atoms with van der Waals surface area (Å²) in [5.74, 6) is 1.45. The van der Waals surface area contributed by atoms with Gasteiger partial charge in [-0.2, -0.15) is 0 Å². The van der Waals surface area contributed by atoms with Crippen LogP contribution in [-0.4, -0.2) is 32.7 Å². The molecule has 0 aliphatic carbocycles. The van der Waals surface area contributed by atoms with Crippen molar-refractivity contribution in [3.63, 3.8) is 0 Å². The Bertz CT molecular complexity index is 715. The zero-order valence-electron chi connectivity index (χ0n) is 16.0. The van der Waals surface area contributed by atoms with Crippen LogP contribution in [-0.2, 0) is 11.3 Å². The lowest BCUT2D eigenvalue weighted by Crippen LogP contribution is -2.32. The summed E-state index contributed by atoms with van der Waals surface area (Å²) >= 11 is 0. The van der Waals surface area contributed by atoms with Gasteiger partial charge in [-0.1, -0.05) is 30.3 Å². The highest BCUT2D eigenvalue weighted by Crippen LogP contribution is 2.35. The molecule has 0 radical (unpaired) electrons. The quantitative estimate of drug-likeness (QED) is 0.676. The van der Waals surface area contributed by atoms with Gasteiger partial charge in [0, 0.05) is 25.6 Å². The van der Waals surface area contributed by atoms with Crippen molar-refractivity contribution in [1.29, 1.82) is 0 Å². The third-order valence-electron chi connectivity index (χ3n) is 3.99. The van der Waals surface area contributed by atoms with Gasteiger partial charge in [0.05, 0.1) is 14.2 Å². The average Bonchev–Trinajstić information content (AvgIpc) is 2.64. The van der Waals surface area contributed by atoms with Gasteiger partial charge in [0.1, 0.15) is 0 Å². The van der Waals surface area contributed by atoms with Crippen molar-refractivity contribution < 1.29 is 14.3 Å². The van der Waals surface area contributed by atoms with Crippen LogP contribution in [0.15, 0.2) is 42.5 Å². The van der Waals surface area contributed by atoms with Gasteiger partial charge in [-0.15, -0.1) is 0 Å². The minimum absolute atomic E-state index is 0.0584. The summed E-state index contributed by atoms with van der Waals surface area (Å²) in [5, 5.41) is 6.24. The molecule has 0 fully saturated rings. The Morgan fingerprint density at radius 2 is 1.69 bits per heavy atom. The molecule has 0 aliphatic rings. The number of amides is 1. The molecule has 1 amide bonds. The minimum atomic E-state index is 0.0584. The van der Waals surface area contributed by atoms with Crippen LogP contribution in [0, 0.1) is 0 Å². The number of benzene rings is 2. The van der Waals surface area contributed by atoms with Gasteiger partial charge in [0.15, 0.2) is 11.5 Å². The number of nitrogens with one attached hydrogen (secondary N) is 2. The van der Waals surface area contributed by atoms with Gasteiger partial charge >= 0.3 is 0 Å². The highest BCUT2D eigenvalue weighted by Gasteiger charge is 2.13. The van der Waals surface area contributed by atoms with Gasteiger partial charge in [-0.25, -0.2) is 0 Å². The maximum Gasteiger partial charge on any atom is 0.221 e. The first-order valence-electron chi connectivity index (χ1n) is 8.85. The number of carbonyl (C=O) groups excluding carboxylic acids is 1. The first kappa shape index (κ1) is 19.8. The summed E-state index contributed by atoms with van der Waals surface area (Å²) in [6.07, 6.45) is 0.451. The van der Waals surface area contributed by atoms with Crippen molar-refractivity contribution in [2.75, 3.05) is 20.8 Å². The molecule has 0 atom stereocenters. The lowest BCUT2D eigenvalue weighted by Gasteiger charge is -2.16. The lowest BCUT2D eigenvalue weighted by atomic mass is 9.98. The summed E-state index contributed by atoms with van der Waals surface area (Å²) in [4.78, 5) is 11.7. The molecule has 0 spiro atoms. The molecule has 0 aromatic heterocycles. The van der Waals surface area contributed by atoms with E-state index in [-0.39, 0.29) is 11.9 Å². The van der Waals surface area contributed by atoms with E-state index in [0.717, 1.165) is 16.7 Å². The number of carbonyl (C=O) groups is 1. The van der Waals surface area contributed by atoms with E-state index in [1.54, 1.807) is 14.2 Å². The van der Waals surface area contributed by atoms with E-state index in [0.29, 0.717) is 31.0 Å². The van der Waals surface area contributed by atoms with E-state index in [9.17, 15) is 4.79 Å². The standard InChI is InChI=1S/C21H28N2O3/c1-15(2)23-21(24)10-11-22-14-17-12-19(25-3)20(26-4)13-18(17)16-8-6-5-7-9-16/h5-9,12-13,15,22H,10-11,14H2,1-4H3,(H,23,24). The Balaban J connectivity index is 2.14. The van der Waals surface area contributed by atoms with Crippen LogP contribution in [0.4, 0.5) is 0 Å². The van der Waals surface area contributed by atoms with Gasteiger partial charge < -0.3 is 20.1 Å². The van der Waals surface area contributed by atoms with Crippen LogP contribution < -0.4 is 20.1 Å². The van der Waals surface area contributed by atoms with Gasteiger partial charge in [-0.05, 0) is 42.7 Å². The second-order valence-corrected chi connectivity index (χ2v) is 6.38. The molecule has 2 aromatic rings. The third-order valence-corrected chi connectivity index (χ3v) is 3.99. The second kappa shape index (κ2) is 9.82. The fourth-order valence-electron chi connectivity index (χ4n) is 2.77. The molecule has 0 heterocycles. The molecule has 0 saturated carbocycles. The molecule has 26 heavy (non-hydrogen) atoms. The average molecular weight is 356 g/mol. The fourth-order valence-corrected chi connectivity index (χ4v) is 2.77. The monoisotopic (exact) mass is 356 g/mol. The second-order valence-electron chi connectivity index (χ2n) is 6.38.